The highest BCUT2D eigenvalue weighted by Gasteiger charge is 2.21. The number of aliphatic hydroxyl groups is 1. The van der Waals surface area contributed by atoms with Crippen LogP contribution in [-0.4, -0.2) is 17.3 Å². The first-order chi connectivity index (χ1) is 9.29. The SMILES string of the molecule is CCCCc1ccc(NC2CCCCCC2O)cc1. The van der Waals surface area contributed by atoms with E-state index in [0.29, 0.717) is 0 Å². The molecule has 0 radical (unpaired) electrons. The molecule has 106 valence electrons. The average molecular weight is 261 g/mol. The van der Waals surface area contributed by atoms with Crippen LogP contribution in [0.5, 0.6) is 0 Å². The van der Waals surface area contributed by atoms with E-state index >= 15 is 0 Å². The zero-order valence-electron chi connectivity index (χ0n) is 12.1. The van der Waals surface area contributed by atoms with E-state index < -0.39 is 0 Å². The first-order valence-electron chi connectivity index (χ1n) is 7.83. The lowest BCUT2D eigenvalue weighted by Gasteiger charge is -2.23. The molecule has 1 aliphatic carbocycles. The first-order valence-corrected chi connectivity index (χ1v) is 7.83. The molecule has 19 heavy (non-hydrogen) atoms. The predicted molar refractivity (Wildman–Crippen MR) is 81.6 cm³/mol. The fourth-order valence-corrected chi connectivity index (χ4v) is 2.82. The molecular weight excluding hydrogens is 234 g/mol. The van der Waals surface area contributed by atoms with Crippen molar-refractivity contribution in [3.05, 3.63) is 29.8 Å². The second-order valence-electron chi connectivity index (χ2n) is 5.76. The standard InChI is InChI=1S/C17H27NO/c1-2-3-7-14-10-12-15(13-11-14)18-16-8-5-4-6-9-17(16)19/h10-13,16-19H,2-9H2,1H3. The van der Waals surface area contributed by atoms with Crippen LogP contribution in [0.25, 0.3) is 0 Å². The third-order valence-corrected chi connectivity index (χ3v) is 4.10. The molecule has 1 aromatic carbocycles. The Labute approximate surface area is 117 Å². The van der Waals surface area contributed by atoms with Crippen molar-refractivity contribution < 1.29 is 5.11 Å². The number of rotatable bonds is 5. The van der Waals surface area contributed by atoms with Gasteiger partial charge in [-0.05, 0) is 43.4 Å². The summed E-state index contributed by atoms with van der Waals surface area (Å²) in [5.41, 5.74) is 2.56. The topological polar surface area (TPSA) is 32.3 Å². The summed E-state index contributed by atoms with van der Waals surface area (Å²) in [6.45, 7) is 2.23. The maximum absolute atomic E-state index is 10.1. The number of benzene rings is 1. The quantitative estimate of drug-likeness (QED) is 0.781. The van der Waals surface area contributed by atoms with Gasteiger partial charge in [-0.25, -0.2) is 0 Å². The molecule has 2 unspecified atom stereocenters. The van der Waals surface area contributed by atoms with Crippen LogP contribution in [0.3, 0.4) is 0 Å². The van der Waals surface area contributed by atoms with E-state index in [4.69, 9.17) is 0 Å². The molecule has 1 fully saturated rings. The summed E-state index contributed by atoms with van der Waals surface area (Å²) in [5.74, 6) is 0. The number of nitrogens with one attached hydrogen (secondary N) is 1. The summed E-state index contributed by atoms with van der Waals surface area (Å²) in [5, 5.41) is 13.6. The van der Waals surface area contributed by atoms with Crippen molar-refractivity contribution in [2.24, 2.45) is 0 Å². The van der Waals surface area contributed by atoms with Crippen LogP contribution in [0.15, 0.2) is 24.3 Å². The maximum Gasteiger partial charge on any atom is 0.0741 e. The van der Waals surface area contributed by atoms with Crippen LogP contribution in [0.2, 0.25) is 0 Å². The highest BCUT2D eigenvalue weighted by atomic mass is 16.3. The Morgan fingerprint density at radius 3 is 2.58 bits per heavy atom. The summed E-state index contributed by atoms with van der Waals surface area (Å²) in [6, 6.07) is 8.96. The molecule has 1 saturated carbocycles. The van der Waals surface area contributed by atoms with Gasteiger partial charge in [-0.15, -0.1) is 0 Å². The van der Waals surface area contributed by atoms with Crippen LogP contribution < -0.4 is 5.32 Å². The fourth-order valence-electron chi connectivity index (χ4n) is 2.82. The molecule has 1 aromatic rings. The van der Waals surface area contributed by atoms with E-state index in [9.17, 15) is 5.11 Å². The Bertz CT molecular complexity index is 360. The van der Waals surface area contributed by atoms with E-state index in [1.165, 1.54) is 37.7 Å². The molecular formula is C17H27NO. The number of unbranched alkanes of at least 4 members (excludes halogenated alkanes) is 1. The fraction of sp³-hybridized carbons (Fsp3) is 0.647. The van der Waals surface area contributed by atoms with Gasteiger partial charge in [0.15, 0.2) is 0 Å². The average Bonchev–Trinajstić information content (AvgIpc) is 2.63. The predicted octanol–water partition coefficient (Wildman–Crippen LogP) is 4.13. The minimum Gasteiger partial charge on any atom is -0.391 e. The summed E-state index contributed by atoms with van der Waals surface area (Å²) < 4.78 is 0. The number of anilines is 1. The lowest BCUT2D eigenvalue weighted by atomic mass is 10.0. The number of aryl methyl sites for hydroxylation is 1. The van der Waals surface area contributed by atoms with Gasteiger partial charge in [0.25, 0.3) is 0 Å². The van der Waals surface area contributed by atoms with E-state index in [1.807, 2.05) is 0 Å². The Balaban J connectivity index is 1.90. The van der Waals surface area contributed by atoms with Crippen LogP contribution in [0, 0.1) is 0 Å². The minimum atomic E-state index is -0.192. The Morgan fingerprint density at radius 2 is 1.84 bits per heavy atom. The molecule has 0 aliphatic heterocycles. The van der Waals surface area contributed by atoms with E-state index in [2.05, 4.69) is 36.5 Å². The van der Waals surface area contributed by atoms with Gasteiger partial charge in [-0.1, -0.05) is 44.7 Å². The van der Waals surface area contributed by atoms with Crippen molar-refractivity contribution in [2.75, 3.05) is 5.32 Å². The van der Waals surface area contributed by atoms with Crippen LogP contribution >= 0.6 is 0 Å². The zero-order chi connectivity index (χ0) is 13.5. The second kappa shape index (κ2) is 7.54. The van der Waals surface area contributed by atoms with Crippen molar-refractivity contribution >= 4 is 5.69 Å². The van der Waals surface area contributed by atoms with E-state index in [1.54, 1.807) is 0 Å². The lowest BCUT2D eigenvalue weighted by Crippen LogP contribution is -2.32. The van der Waals surface area contributed by atoms with Gasteiger partial charge < -0.3 is 10.4 Å². The van der Waals surface area contributed by atoms with E-state index in [0.717, 1.165) is 24.9 Å². The molecule has 0 bridgehead atoms. The summed E-state index contributed by atoms with van der Waals surface area (Å²) >= 11 is 0. The third-order valence-electron chi connectivity index (χ3n) is 4.10. The normalized spacial score (nSPS) is 23.9. The molecule has 2 N–H and O–H groups in total. The molecule has 2 rings (SSSR count). The van der Waals surface area contributed by atoms with Crippen LogP contribution in [-0.2, 0) is 6.42 Å². The Hall–Kier alpha value is -1.02. The molecule has 0 saturated heterocycles. The second-order valence-corrected chi connectivity index (χ2v) is 5.76. The van der Waals surface area contributed by atoms with Gasteiger partial charge >= 0.3 is 0 Å². The molecule has 0 aromatic heterocycles. The molecule has 2 atom stereocenters. The van der Waals surface area contributed by atoms with Crippen molar-refractivity contribution in [3.63, 3.8) is 0 Å². The molecule has 0 amide bonds. The largest absolute Gasteiger partial charge is 0.391 e. The van der Waals surface area contributed by atoms with Crippen molar-refractivity contribution in [2.45, 2.75) is 70.4 Å². The Morgan fingerprint density at radius 1 is 1.11 bits per heavy atom. The van der Waals surface area contributed by atoms with Gasteiger partial charge in [0.2, 0.25) is 0 Å². The van der Waals surface area contributed by atoms with Gasteiger partial charge in [-0.2, -0.15) is 0 Å². The molecule has 2 nitrogen and oxygen atoms in total. The summed E-state index contributed by atoms with van der Waals surface area (Å²) in [4.78, 5) is 0. The smallest absolute Gasteiger partial charge is 0.0741 e. The van der Waals surface area contributed by atoms with Gasteiger partial charge in [0, 0.05) is 5.69 Å². The Kier molecular flexibility index (Phi) is 5.71. The van der Waals surface area contributed by atoms with E-state index in [-0.39, 0.29) is 12.1 Å². The minimum absolute atomic E-state index is 0.192. The lowest BCUT2D eigenvalue weighted by molar-refractivity contribution is 0.144. The summed E-state index contributed by atoms with van der Waals surface area (Å²) in [6.07, 6.45) is 9.14. The number of hydrogen-bond acceptors (Lipinski definition) is 2. The summed E-state index contributed by atoms with van der Waals surface area (Å²) in [7, 11) is 0. The van der Waals surface area contributed by atoms with Gasteiger partial charge in [0.05, 0.1) is 12.1 Å². The first kappa shape index (κ1) is 14.4. The van der Waals surface area contributed by atoms with Crippen molar-refractivity contribution in [1.29, 1.82) is 0 Å². The van der Waals surface area contributed by atoms with Crippen molar-refractivity contribution in [3.8, 4) is 0 Å². The van der Waals surface area contributed by atoms with Crippen LogP contribution in [0.4, 0.5) is 5.69 Å². The number of hydrogen-bond donors (Lipinski definition) is 2. The number of aliphatic hydroxyl groups excluding tert-OH is 1. The third kappa shape index (κ3) is 4.54. The molecule has 0 heterocycles. The zero-order valence-corrected chi connectivity index (χ0v) is 12.1. The maximum atomic E-state index is 10.1. The highest BCUT2D eigenvalue weighted by molar-refractivity contribution is 5.45. The van der Waals surface area contributed by atoms with Crippen molar-refractivity contribution in [1.82, 2.24) is 0 Å². The highest BCUT2D eigenvalue weighted by Crippen LogP contribution is 2.22. The van der Waals surface area contributed by atoms with Gasteiger partial charge in [0.1, 0.15) is 0 Å². The van der Waals surface area contributed by atoms with Gasteiger partial charge in [-0.3, -0.25) is 0 Å². The molecule has 1 aliphatic rings. The monoisotopic (exact) mass is 261 g/mol. The molecule has 2 heteroatoms. The van der Waals surface area contributed by atoms with Crippen LogP contribution in [0.1, 0.15) is 57.4 Å². The molecule has 0 spiro atoms.